The molecule has 0 aliphatic heterocycles. The summed E-state index contributed by atoms with van der Waals surface area (Å²) in [7, 11) is 0. The fourth-order valence-electron chi connectivity index (χ4n) is 1.97. The lowest BCUT2D eigenvalue weighted by Gasteiger charge is -2.13. The second kappa shape index (κ2) is 8.24. The van der Waals surface area contributed by atoms with Crippen molar-refractivity contribution in [3.05, 3.63) is 41.2 Å². The molecule has 0 radical (unpaired) electrons. The number of nitrogens with one attached hydrogen (secondary N) is 1. The summed E-state index contributed by atoms with van der Waals surface area (Å²) in [6.07, 6.45) is 0. The van der Waals surface area contributed by atoms with Crippen molar-refractivity contribution in [2.75, 3.05) is 5.32 Å². The Labute approximate surface area is 149 Å². The minimum Gasteiger partial charge on any atom is -0.435 e. The number of thioether (sulfide) groups is 1. The molecule has 134 valence electrons. The lowest BCUT2D eigenvalue weighted by molar-refractivity contribution is -0.115. The second-order valence-electron chi connectivity index (χ2n) is 5.45. The smallest absolute Gasteiger partial charge is 0.387 e. The molecule has 0 spiro atoms. The summed E-state index contributed by atoms with van der Waals surface area (Å²) in [5.41, 5.74) is 3.30. The van der Waals surface area contributed by atoms with Gasteiger partial charge in [-0.2, -0.15) is 8.78 Å². The predicted octanol–water partition coefficient (Wildman–Crippen LogP) is 4.12. The SMILES string of the molecule is Cc1nc(S[C@H](C)C(=O)Nc2ccc(OC(F)F)cc2)nc(C)c1C. The number of aromatic nitrogens is 2. The number of ether oxygens (including phenoxy) is 1. The number of nitrogens with zero attached hydrogens (tertiary/aromatic N) is 2. The third-order valence-electron chi connectivity index (χ3n) is 3.61. The summed E-state index contributed by atoms with van der Waals surface area (Å²) in [5.74, 6) is -0.193. The number of benzene rings is 1. The summed E-state index contributed by atoms with van der Waals surface area (Å²) in [5, 5.41) is 2.85. The first-order valence-electron chi connectivity index (χ1n) is 7.60. The zero-order valence-electron chi connectivity index (χ0n) is 14.3. The van der Waals surface area contributed by atoms with Gasteiger partial charge in [0.25, 0.3) is 0 Å². The number of aryl methyl sites for hydroxylation is 2. The van der Waals surface area contributed by atoms with E-state index in [-0.39, 0.29) is 11.7 Å². The summed E-state index contributed by atoms with van der Waals surface area (Å²) >= 11 is 1.26. The highest BCUT2D eigenvalue weighted by Gasteiger charge is 2.17. The molecule has 0 aliphatic rings. The highest BCUT2D eigenvalue weighted by atomic mass is 32.2. The number of alkyl halides is 2. The third-order valence-corrected chi connectivity index (χ3v) is 4.57. The van der Waals surface area contributed by atoms with Gasteiger partial charge in [-0.25, -0.2) is 9.97 Å². The van der Waals surface area contributed by atoms with Crippen LogP contribution in [0.2, 0.25) is 0 Å². The van der Waals surface area contributed by atoms with Crippen molar-refractivity contribution in [3.8, 4) is 5.75 Å². The van der Waals surface area contributed by atoms with Gasteiger partial charge in [0.15, 0.2) is 5.16 Å². The van der Waals surface area contributed by atoms with Crippen molar-refractivity contribution in [2.24, 2.45) is 0 Å². The number of anilines is 1. The molecule has 0 bridgehead atoms. The van der Waals surface area contributed by atoms with Gasteiger partial charge in [-0.05, 0) is 57.5 Å². The molecular weight excluding hydrogens is 348 g/mol. The van der Waals surface area contributed by atoms with Crippen LogP contribution in [-0.2, 0) is 4.79 Å². The molecule has 1 atom stereocenters. The number of hydrogen-bond donors (Lipinski definition) is 1. The molecule has 0 saturated carbocycles. The molecule has 1 heterocycles. The van der Waals surface area contributed by atoms with Crippen LogP contribution in [0.4, 0.5) is 14.5 Å². The zero-order valence-corrected chi connectivity index (χ0v) is 15.2. The fraction of sp³-hybridized carbons (Fsp3) is 0.353. The van der Waals surface area contributed by atoms with Gasteiger partial charge in [-0.15, -0.1) is 0 Å². The van der Waals surface area contributed by atoms with E-state index in [1.54, 1.807) is 6.92 Å². The summed E-state index contributed by atoms with van der Waals surface area (Å²) in [6.45, 7) is 4.64. The molecule has 8 heteroatoms. The standard InChI is InChI=1S/C17H19F2N3O2S/c1-9-10(2)20-17(21-11(9)3)25-12(4)15(23)22-13-5-7-14(8-6-13)24-16(18)19/h5-8,12,16H,1-4H3,(H,22,23)/t12-/m1/s1. The van der Waals surface area contributed by atoms with Crippen LogP contribution < -0.4 is 10.1 Å². The summed E-state index contributed by atoms with van der Waals surface area (Å²) < 4.78 is 28.5. The highest BCUT2D eigenvalue weighted by molar-refractivity contribution is 8.00. The maximum atomic E-state index is 12.3. The van der Waals surface area contributed by atoms with E-state index in [0.717, 1.165) is 17.0 Å². The van der Waals surface area contributed by atoms with Crippen LogP contribution in [0.5, 0.6) is 5.75 Å². The fourth-order valence-corrected chi connectivity index (χ4v) is 2.83. The van der Waals surface area contributed by atoms with Gasteiger partial charge >= 0.3 is 6.61 Å². The van der Waals surface area contributed by atoms with Crippen LogP contribution in [0.15, 0.2) is 29.4 Å². The molecule has 1 aromatic heterocycles. The normalized spacial score (nSPS) is 12.1. The number of halogens is 2. The Balaban J connectivity index is 1.98. The first-order chi connectivity index (χ1) is 11.8. The van der Waals surface area contributed by atoms with Crippen LogP contribution in [0.3, 0.4) is 0 Å². The molecule has 0 aliphatic carbocycles. The van der Waals surface area contributed by atoms with Gasteiger partial charge in [0.2, 0.25) is 5.91 Å². The van der Waals surface area contributed by atoms with Gasteiger partial charge < -0.3 is 10.1 Å². The molecule has 0 fully saturated rings. The van der Waals surface area contributed by atoms with Crippen LogP contribution in [0.25, 0.3) is 0 Å². The maximum Gasteiger partial charge on any atom is 0.387 e. The third kappa shape index (κ3) is 5.38. The predicted molar refractivity (Wildman–Crippen MR) is 93.3 cm³/mol. The first-order valence-corrected chi connectivity index (χ1v) is 8.48. The van der Waals surface area contributed by atoms with Crippen LogP contribution in [-0.4, -0.2) is 27.7 Å². The molecule has 0 saturated heterocycles. The Morgan fingerprint density at radius 3 is 2.20 bits per heavy atom. The van der Waals surface area contributed by atoms with Gasteiger partial charge in [-0.1, -0.05) is 11.8 Å². The highest BCUT2D eigenvalue weighted by Crippen LogP contribution is 2.23. The largest absolute Gasteiger partial charge is 0.435 e. The van der Waals surface area contributed by atoms with Gasteiger partial charge in [0, 0.05) is 17.1 Å². The maximum absolute atomic E-state index is 12.3. The molecule has 0 unspecified atom stereocenters. The van der Waals surface area contributed by atoms with E-state index in [1.807, 2.05) is 20.8 Å². The van der Waals surface area contributed by atoms with Crippen molar-refractivity contribution >= 4 is 23.4 Å². The Kier molecular flexibility index (Phi) is 6.30. The molecular formula is C17H19F2N3O2S. The average Bonchev–Trinajstić information content (AvgIpc) is 2.53. The van der Waals surface area contributed by atoms with Crippen molar-refractivity contribution in [2.45, 2.75) is 44.7 Å². The average molecular weight is 367 g/mol. The Bertz CT molecular complexity index is 731. The number of carbonyl (C=O) groups is 1. The van der Waals surface area contributed by atoms with Crippen LogP contribution in [0.1, 0.15) is 23.9 Å². The van der Waals surface area contributed by atoms with Crippen molar-refractivity contribution in [1.82, 2.24) is 9.97 Å². The Morgan fingerprint density at radius 1 is 1.12 bits per heavy atom. The Morgan fingerprint density at radius 2 is 1.68 bits per heavy atom. The first kappa shape index (κ1) is 19.1. The molecule has 5 nitrogen and oxygen atoms in total. The van der Waals surface area contributed by atoms with E-state index < -0.39 is 11.9 Å². The quantitative estimate of drug-likeness (QED) is 0.615. The lowest BCUT2D eigenvalue weighted by atomic mass is 10.2. The van der Waals surface area contributed by atoms with Gasteiger partial charge in [-0.3, -0.25) is 4.79 Å². The van der Waals surface area contributed by atoms with Crippen molar-refractivity contribution in [1.29, 1.82) is 0 Å². The zero-order chi connectivity index (χ0) is 18.6. The van der Waals surface area contributed by atoms with Crippen LogP contribution in [0, 0.1) is 20.8 Å². The van der Waals surface area contributed by atoms with Crippen molar-refractivity contribution < 1.29 is 18.3 Å². The van der Waals surface area contributed by atoms with E-state index in [4.69, 9.17) is 0 Å². The number of carbonyl (C=O) groups excluding carboxylic acids is 1. The van der Waals surface area contributed by atoms with Gasteiger partial charge in [0.05, 0.1) is 5.25 Å². The van der Waals surface area contributed by atoms with Crippen molar-refractivity contribution in [3.63, 3.8) is 0 Å². The van der Waals surface area contributed by atoms with Crippen LogP contribution >= 0.6 is 11.8 Å². The molecule has 1 aromatic carbocycles. The molecule has 2 aromatic rings. The summed E-state index contributed by atoms with van der Waals surface area (Å²) in [4.78, 5) is 21.1. The molecule has 1 N–H and O–H groups in total. The minimum absolute atomic E-state index is 0.0365. The second-order valence-corrected chi connectivity index (χ2v) is 6.76. The summed E-state index contributed by atoms with van der Waals surface area (Å²) in [6, 6.07) is 5.75. The molecule has 1 amide bonds. The van der Waals surface area contributed by atoms with Gasteiger partial charge in [0.1, 0.15) is 5.75 Å². The Hall–Kier alpha value is -2.22. The topological polar surface area (TPSA) is 64.1 Å². The van der Waals surface area contributed by atoms with E-state index in [0.29, 0.717) is 10.8 Å². The molecule has 2 rings (SSSR count). The van der Waals surface area contributed by atoms with E-state index in [2.05, 4.69) is 20.0 Å². The lowest BCUT2D eigenvalue weighted by Crippen LogP contribution is -2.22. The number of hydrogen-bond acceptors (Lipinski definition) is 5. The number of amides is 1. The minimum atomic E-state index is -2.88. The number of rotatable bonds is 6. The van der Waals surface area contributed by atoms with E-state index in [1.165, 1.54) is 36.0 Å². The molecule has 25 heavy (non-hydrogen) atoms. The monoisotopic (exact) mass is 367 g/mol. The van der Waals surface area contributed by atoms with E-state index in [9.17, 15) is 13.6 Å². The van der Waals surface area contributed by atoms with E-state index >= 15 is 0 Å².